The summed E-state index contributed by atoms with van der Waals surface area (Å²) in [6, 6.07) is 21.5. The number of benzene rings is 2. The van der Waals surface area contributed by atoms with Gasteiger partial charge in [0.25, 0.3) is 0 Å². The number of hydrogen-bond acceptors (Lipinski definition) is 4. The van der Waals surface area contributed by atoms with Crippen LogP contribution >= 0.6 is 7.29 Å². The van der Waals surface area contributed by atoms with Crippen molar-refractivity contribution in [3.05, 3.63) is 101 Å². The quantitative estimate of drug-likeness (QED) is 0.386. The Hall–Kier alpha value is -2.82. The van der Waals surface area contributed by atoms with Crippen molar-refractivity contribution < 1.29 is 9.49 Å². The van der Waals surface area contributed by atoms with Crippen molar-refractivity contribution in [3.8, 4) is 0 Å². The van der Waals surface area contributed by atoms with Gasteiger partial charge in [-0.25, -0.2) is 5.09 Å². The van der Waals surface area contributed by atoms with Crippen molar-refractivity contribution in [1.29, 1.82) is 0 Å². The van der Waals surface area contributed by atoms with Gasteiger partial charge in [-0.15, -0.1) is 0 Å². The predicted octanol–water partition coefficient (Wildman–Crippen LogP) is 3.09. The van der Waals surface area contributed by atoms with Gasteiger partial charge in [-0.2, -0.15) is 0 Å². The van der Waals surface area contributed by atoms with Crippen LogP contribution in [-0.2, 0) is 10.1 Å². The maximum Gasteiger partial charge on any atom is 0.226 e. The molecule has 0 radical (unpaired) electrons. The van der Waals surface area contributed by atoms with Crippen LogP contribution in [0.25, 0.3) is 0 Å². The summed E-state index contributed by atoms with van der Waals surface area (Å²) in [7, 11) is -3.35. The molecule has 0 aliphatic rings. The van der Waals surface area contributed by atoms with Gasteiger partial charge in [0.1, 0.15) is 5.54 Å². The van der Waals surface area contributed by atoms with Crippen LogP contribution in [0.2, 0.25) is 0 Å². The molecule has 2 aromatic carbocycles. The van der Waals surface area contributed by atoms with E-state index in [0.717, 1.165) is 0 Å². The zero-order chi connectivity index (χ0) is 19.3. The van der Waals surface area contributed by atoms with E-state index in [4.69, 9.17) is 0 Å². The first-order valence-electron chi connectivity index (χ1n) is 8.47. The van der Waals surface area contributed by atoms with Crippen molar-refractivity contribution >= 4 is 17.9 Å². The molecule has 1 N–H and O–H groups in total. The Balaban J connectivity index is 2.15. The second-order valence-electron chi connectivity index (χ2n) is 6.46. The minimum Gasteiger partial charge on any atom is -0.296 e. The first-order valence-corrected chi connectivity index (χ1v) is 10.2. The van der Waals surface area contributed by atoms with E-state index in [1.165, 1.54) is 0 Å². The largest absolute Gasteiger partial charge is 0.296 e. The van der Waals surface area contributed by atoms with E-state index in [0.29, 0.717) is 16.2 Å². The molecule has 3 aromatic rings. The molecule has 0 aliphatic heterocycles. The number of pyridine rings is 1. The second kappa shape index (κ2) is 7.82. The lowest BCUT2D eigenvalue weighted by Crippen LogP contribution is -2.47. The van der Waals surface area contributed by atoms with Gasteiger partial charge >= 0.3 is 0 Å². The minimum atomic E-state index is -3.35. The molecule has 0 saturated carbocycles. The molecule has 0 aliphatic carbocycles. The van der Waals surface area contributed by atoms with Gasteiger partial charge in [-0.05, 0) is 42.8 Å². The predicted molar refractivity (Wildman–Crippen MR) is 106 cm³/mol. The van der Waals surface area contributed by atoms with Crippen LogP contribution in [0.5, 0.6) is 0 Å². The zero-order valence-corrected chi connectivity index (χ0v) is 15.8. The molecule has 0 saturated heterocycles. The first kappa shape index (κ1) is 19.0. The van der Waals surface area contributed by atoms with Crippen LogP contribution < -0.4 is 15.7 Å². The zero-order valence-electron chi connectivity index (χ0n) is 14.9. The highest BCUT2D eigenvalue weighted by molar-refractivity contribution is 7.77. The molecular weight excluding hydrogens is 361 g/mol. The van der Waals surface area contributed by atoms with E-state index in [1.54, 1.807) is 55.7 Å². The van der Waals surface area contributed by atoms with Gasteiger partial charge in [0.15, 0.2) is 0 Å². The molecule has 0 spiro atoms. The Morgan fingerprint density at radius 1 is 1.00 bits per heavy atom. The molecule has 1 aromatic heterocycles. The molecule has 1 atom stereocenters. The fourth-order valence-corrected chi connectivity index (χ4v) is 5.68. The van der Waals surface area contributed by atoms with Gasteiger partial charge < -0.3 is 0 Å². The first-order chi connectivity index (χ1) is 12.9. The Morgan fingerprint density at radius 3 is 2.00 bits per heavy atom. The summed E-state index contributed by atoms with van der Waals surface area (Å²) >= 11 is 0. The topological polar surface area (TPSA) is 85.1 Å². The van der Waals surface area contributed by atoms with Crippen LogP contribution in [0.4, 0.5) is 0 Å². The summed E-state index contributed by atoms with van der Waals surface area (Å²) in [5, 5.41) is 15.7. The Labute approximate surface area is 157 Å². The highest BCUT2D eigenvalue weighted by atomic mass is 31.2. The summed E-state index contributed by atoms with van der Waals surface area (Å²) in [5.74, 6) is 0. The van der Waals surface area contributed by atoms with Crippen LogP contribution in [0.15, 0.2) is 85.2 Å². The Morgan fingerprint density at radius 2 is 1.56 bits per heavy atom. The summed E-state index contributed by atoms with van der Waals surface area (Å²) in [6.07, 6.45) is 3.17. The van der Waals surface area contributed by atoms with Gasteiger partial charge in [0.2, 0.25) is 13.8 Å². The van der Waals surface area contributed by atoms with E-state index in [-0.39, 0.29) is 0 Å². The van der Waals surface area contributed by atoms with Crippen LogP contribution in [0.1, 0.15) is 12.5 Å². The summed E-state index contributed by atoms with van der Waals surface area (Å²) in [4.78, 5) is 15.1. The fraction of sp³-hybridized carbons (Fsp3) is 0.150. The van der Waals surface area contributed by atoms with Gasteiger partial charge in [0, 0.05) is 27.9 Å². The van der Waals surface area contributed by atoms with Crippen molar-refractivity contribution in [1.82, 2.24) is 10.1 Å². The van der Waals surface area contributed by atoms with E-state index in [9.17, 15) is 14.7 Å². The number of nitrogens with one attached hydrogen (secondary N) is 1. The number of hydrogen-bond donors (Lipinski definition) is 1. The molecule has 7 heteroatoms. The van der Waals surface area contributed by atoms with E-state index >= 15 is 0 Å². The lowest BCUT2D eigenvalue weighted by molar-refractivity contribution is -0.490. The molecule has 0 unspecified atom stereocenters. The summed E-state index contributed by atoms with van der Waals surface area (Å²) in [6.45, 7) is 1.26. The smallest absolute Gasteiger partial charge is 0.226 e. The molecule has 3 rings (SSSR count). The SMILES string of the molecule is C[C@@](C[N+](=O)[O-])(NP(=O)(c1ccccc1)c1ccccc1)c1cccnc1. The molecule has 27 heavy (non-hydrogen) atoms. The fourth-order valence-electron chi connectivity index (χ4n) is 3.04. The van der Waals surface area contributed by atoms with Crippen LogP contribution in [-0.4, -0.2) is 16.5 Å². The molecule has 0 fully saturated rings. The average Bonchev–Trinajstić information content (AvgIpc) is 2.69. The van der Waals surface area contributed by atoms with Crippen molar-refractivity contribution in [2.45, 2.75) is 12.5 Å². The third-order valence-corrected chi connectivity index (χ3v) is 7.25. The number of aromatic nitrogens is 1. The molecule has 0 bridgehead atoms. The third kappa shape index (κ3) is 4.13. The third-order valence-electron chi connectivity index (χ3n) is 4.39. The van der Waals surface area contributed by atoms with E-state index in [2.05, 4.69) is 10.1 Å². The summed E-state index contributed by atoms with van der Waals surface area (Å²) in [5.41, 5.74) is -0.562. The number of nitrogens with zero attached hydrogens (tertiary/aromatic N) is 2. The van der Waals surface area contributed by atoms with Gasteiger partial charge in [-0.1, -0.05) is 42.5 Å². The molecule has 1 heterocycles. The molecule has 138 valence electrons. The Kier molecular flexibility index (Phi) is 5.49. The minimum absolute atomic E-state index is 0.402. The van der Waals surface area contributed by atoms with E-state index in [1.807, 2.05) is 36.4 Å². The maximum atomic E-state index is 14.2. The van der Waals surface area contributed by atoms with Gasteiger partial charge in [0.05, 0.1) is 0 Å². The molecular formula is C20H20N3O3P. The van der Waals surface area contributed by atoms with E-state index < -0.39 is 24.3 Å². The van der Waals surface area contributed by atoms with Crippen molar-refractivity contribution in [2.75, 3.05) is 6.54 Å². The maximum absolute atomic E-state index is 14.2. The lowest BCUT2D eigenvalue weighted by Gasteiger charge is -2.32. The number of rotatable bonds is 7. The second-order valence-corrected chi connectivity index (χ2v) is 8.93. The van der Waals surface area contributed by atoms with Crippen molar-refractivity contribution in [3.63, 3.8) is 0 Å². The average molecular weight is 381 g/mol. The lowest BCUT2D eigenvalue weighted by atomic mass is 9.95. The number of nitro groups is 1. The monoisotopic (exact) mass is 381 g/mol. The van der Waals surface area contributed by atoms with Gasteiger partial charge in [-0.3, -0.25) is 19.7 Å². The Bertz CT molecular complexity index is 908. The van der Waals surface area contributed by atoms with Crippen LogP contribution in [0, 0.1) is 10.1 Å². The molecule has 0 amide bonds. The summed E-state index contributed by atoms with van der Waals surface area (Å²) < 4.78 is 14.2. The van der Waals surface area contributed by atoms with Crippen molar-refractivity contribution in [2.24, 2.45) is 0 Å². The molecule has 6 nitrogen and oxygen atoms in total. The normalized spacial score (nSPS) is 13.7. The van der Waals surface area contributed by atoms with Crippen LogP contribution in [0.3, 0.4) is 0 Å². The standard InChI is InChI=1S/C20H20N3O3P/c1-20(16-23(24)25,17-9-8-14-21-15-17)22-27(26,18-10-4-2-5-11-18)19-12-6-3-7-13-19/h2-15H,16H2,1H3,(H,22,26)/t20-/m0/s1. The highest BCUT2D eigenvalue weighted by Gasteiger charge is 2.41. The highest BCUT2D eigenvalue weighted by Crippen LogP contribution is 2.43.